The van der Waals surface area contributed by atoms with Crippen molar-refractivity contribution in [3.8, 4) is 0 Å². The van der Waals surface area contributed by atoms with Crippen molar-refractivity contribution in [1.82, 2.24) is 5.32 Å². The van der Waals surface area contributed by atoms with Gasteiger partial charge in [0.25, 0.3) is 0 Å². The van der Waals surface area contributed by atoms with Crippen molar-refractivity contribution in [3.05, 3.63) is 46.9 Å². The maximum Gasteiger partial charge on any atom is 0.304 e. The van der Waals surface area contributed by atoms with Crippen LogP contribution in [0.25, 0.3) is 0 Å². The molecule has 2 nitrogen and oxygen atoms in total. The number of hydrogen-bond donors (Lipinski definition) is 1. The van der Waals surface area contributed by atoms with Crippen molar-refractivity contribution in [3.63, 3.8) is 0 Å². The molecular weight excluding hydrogens is 289 g/mol. The largest absolute Gasteiger partial charge is 0.348 e. The summed E-state index contributed by atoms with van der Waals surface area (Å²) in [5.74, 6) is -1.18. The average molecular weight is 301 g/mol. The lowest BCUT2D eigenvalue weighted by molar-refractivity contribution is -0.117. The Morgan fingerprint density at radius 2 is 1.68 bits per heavy atom. The quantitative estimate of drug-likeness (QED) is 0.643. The number of benzene rings is 1. The number of hydrogen-bond acceptors (Lipinski definition) is 1. The molecule has 0 fully saturated rings. The molecular formula is C11H12F5NOS. The predicted octanol–water partition coefficient (Wildman–Crippen LogP) is 4.51. The number of carbonyl (C=O) groups excluding carboxylic acids is 1. The summed E-state index contributed by atoms with van der Waals surface area (Å²) in [5, 5.41) is 0.954. The molecule has 19 heavy (non-hydrogen) atoms. The molecule has 0 saturated heterocycles. The summed E-state index contributed by atoms with van der Waals surface area (Å²) < 4.78 is 60.7. The van der Waals surface area contributed by atoms with Gasteiger partial charge in [-0.05, 0) is 12.5 Å². The Bertz CT molecular complexity index is 508. The van der Waals surface area contributed by atoms with Crippen LogP contribution in [0.2, 0.25) is 0 Å². The highest BCUT2D eigenvalue weighted by atomic mass is 32.5. The predicted molar refractivity (Wildman–Crippen MR) is 65.2 cm³/mol. The van der Waals surface area contributed by atoms with E-state index in [0.29, 0.717) is 12.5 Å². The molecule has 0 aromatic heterocycles. The highest BCUT2D eigenvalue weighted by molar-refractivity contribution is 8.48. The Hall–Kier alpha value is -1.57. The molecule has 1 aromatic carbocycles. The summed E-state index contributed by atoms with van der Waals surface area (Å²) in [4.78, 5) is 11.3. The zero-order valence-electron chi connectivity index (χ0n) is 9.88. The van der Waals surface area contributed by atoms with Crippen LogP contribution in [0.1, 0.15) is 12.5 Å². The Labute approximate surface area is 107 Å². The second-order valence-corrected chi connectivity index (χ2v) is 6.29. The van der Waals surface area contributed by atoms with Crippen LogP contribution in [0.15, 0.2) is 41.3 Å². The summed E-state index contributed by atoms with van der Waals surface area (Å²) in [5.41, 5.74) is -0.425. The molecule has 1 amide bonds. The van der Waals surface area contributed by atoms with Crippen LogP contribution in [-0.2, 0) is 11.3 Å². The van der Waals surface area contributed by atoms with Crippen molar-refractivity contribution >= 4 is 16.1 Å². The van der Waals surface area contributed by atoms with Crippen LogP contribution < -0.4 is 5.32 Å². The molecule has 0 unspecified atom stereocenters. The van der Waals surface area contributed by atoms with Crippen LogP contribution in [0.4, 0.5) is 19.4 Å². The van der Waals surface area contributed by atoms with Gasteiger partial charge in [-0.15, -0.1) is 0 Å². The molecule has 0 aliphatic carbocycles. The summed E-state index contributed by atoms with van der Waals surface area (Å²) in [6.07, 6.45) is 0. The number of carbonyl (C=O) groups is 1. The molecule has 1 N–H and O–H groups in total. The van der Waals surface area contributed by atoms with Gasteiger partial charge in [-0.1, -0.05) is 49.8 Å². The second kappa shape index (κ2) is 4.22. The first-order valence-electron chi connectivity index (χ1n) is 5.12. The highest BCUT2D eigenvalue weighted by Crippen LogP contribution is 2.99. The molecule has 0 aliphatic rings. The molecule has 8 heteroatoms. The van der Waals surface area contributed by atoms with Crippen LogP contribution in [-0.4, -0.2) is 5.91 Å². The maximum atomic E-state index is 12.1. The molecule has 108 valence electrons. The summed E-state index contributed by atoms with van der Waals surface area (Å²) in [6.45, 7) is 0.656. The van der Waals surface area contributed by atoms with E-state index in [9.17, 15) is 24.2 Å². The molecule has 0 bridgehead atoms. The summed E-state index contributed by atoms with van der Waals surface area (Å²) in [7, 11) is -9.71. The van der Waals surface area contributed by atoms with E-state index in [4.69, 9.17) is 0 Å². The lowest BCUT2D eigenvalue weighted by Gasteiger charge is -2.37. The van der Waals surface area contributed by atoms with Gasteiger partial charge in [0, 0.05) is 12.1 Å². The van der Waals surface area contributed by atoms with Gasteiger partial charge in [0.05, 0.1) is 5.41 Å². The van der Waals surface area contributed by atoms with Crippen LogP contribution in [0.3, 0.4) is 0 Å². The SMILES string of the molecule is C/C(=C\S(F)(F)(F)(F)F)C(=O)NCc1ccccc1. The third-order valence-electron chi connectivity index (χ3n) is 2.05. The van der Waals surface area contributed by atoms with E-state index < -0.39 is 27.1 Å². The van der Waals surface area contributed by atoms with Gasteiger partial charge < -0.3 is 5.32 Å². The molecule has 0 radical (unpaired) electrons. The molecule has 1 aromatic rings. The first-order valence-corrected chi connectivity index (χ1v) is 7.13. The Morgan fingerprint density at radius 1 is 1.16 bits per heavy atom. The molecule has 1 rings (SSSR count). The standard InChI is InChI=1S/C11H12F5NOS/c1-9(8-19(12,13,14,15)16)11(18)17-7-10-5-3-2-4-6-10/h2-6,8H,7H2,1H3,(H,17,18)/b9-8+. The number of halogens is 5. The third kappa shape index (κ3) is 6.80. The van der Waals surface area contributed by atoms with E-state index in [0.717, 1.165) is 0 Å². The lowest BCUT2D eigenvalue weighted by atomic mass is 10.2. The van der Waals surface area contributed by atoms with Crippen LogP contribution in [0.5, 0.6) is 0 Å². The van der Waals surface area contributed by atoms with Gasteiger partial charge in [-0.3, -0.25) is 4.79 Å². The molecule has 0 heterocycles. The van der Waals surface area contributed by atoms with E-state index in [2.05, 4.69) is 5.32 Å². The van der Waals surface area contributed by atoms with E-state index in [-0.39, 0.29) is 6.54 Å². The van der Waals surface area contributed by atoms with Gasteiger partial charge in [-0.25, -0.2) is 0 Å². The zero-order chi connectivity index (χ0) is 14.8. The maximum absolute atomic E-state index is 12.1. The average Bonchev–Trinajstić information content (AvgIpc) is 2.23. The molecule has 0 spiro atoms. The molecule has 0 atom stereocenters. The Balaban J connectivity index is 2.73. The van der Waals surface area contributed by atoms with Gasteiger partial charge in [0.15, 0.2) is 0 Å². The van der Waals surface area contributed by atoms with E-state index in [1.54, 1.807) is 30.3 Å². The van der Waals surface area contributed by atoms with Crippen LogP contribution in [0, 0.1) is 0 Å². The normalized spacial score (nSPS) is 16.4. The minimum atomic E-state index is -9.71. The van der Waals surface area contributed by atoms with Crippen molar-refractivity contribution in [2.24, 2.45) is 0 Å². The monoisotopic (exact) mass is 301 g/mol. The van der Waals surface area contributed by atoms with Crippen molar-refractivity contribution < 1.29 is 24.2 Å². The van der Waals surface area contributed by atoms with Gasteiger partial charge in [0.2, 0.25) is 5.91 Å². The van der Waals surface area contributed by atoms with E-state index in [1.807, 2.05) is 0 Å². The fourth-order valence-corrected chi connectivity index (χ4v) is 2.08. The van der Waals surface area contributed by atoms with Crippen molar-refractivity contribution in [2.45, 2.75) is 13.5 Å². The van der Waals surface area contributed by atoms with Gasteiger partial charge >= 0.3 is 10.2 Å². The Kier molecular flexibility index (Phi) is 3.44. The first kappa shape index (κ1) is 15.5. The van der Waals surface area contributed by atoms with Crippen molar-refractivity contribution in [2.75, 3.05) is 0 Å². The number of nitrogens with one attached hydrogen (secondary N) is 1. The highest BCUT2D eigenvalue weighted by Gasteiger charge is 2.61. The second-order valence-electron chi connectivity index (χ2n) is 4.00. The van der Waals surface area contributed by atoms with Gasteiger partial charge in [-0.2, -0.15) is 0 Å². The van der Waals surface area contributed by atoms with Crippen LogP contribution >= 0.6 is 10.2 Å². The first-order chi connectivity index (χ1) is 8.36. The third-order valence-corrected chi connectivity index (χ3v) is 2.85. The molecule has 0 aliphatic heterocycles. The minimum absolute atomic E-state index is 0.0365. The van der Waals surface area contributed by atoms with Crippen molar-refractivity contribution in [1.29, 1.82) is 0 Å². The fraction of sp³-hybridized carbons (Fsp3) is 0.182. The zero-order valence-corrected chi connectivity index (χ0v) is 10.7. The number of amides is 1. The summed E-state index contributed by atoms with van der Waals surface area (Å²) >= 11 is 0. The minimum Gasteiger partial charge on any atom is -0.348 e. The topological polar surface area (TPSA) is 29.1 Å². The molecule has 0 saturated carbocycles. The van der Waals surface area contributed by atoms with Gasteiger partial charge in [0.1, 0.15) is 0 Å². The Morgan fingerprint density at radius 3 is 2.16 bits per heavy atom. The summed E-state index contributed by atoms with van der Waals surface area (Å²) in [6, 6.07) is 8.37. The van der Waals surface area contributed by atoms with E-state index in [1.165, 1.54) is 0 Å². The smallest absolute Gasteiger partial charge is 0.304 e. The van der Waals surface area contributed by atoms with E-state index >= 15 is 0 Å². The lowest BCUT2D eigenvalue weighted by Crippen LogP contribution is -2.24. The number of rotatable bonds is 4. The fourth-order valence-electron chi connectivity index (χ4n) is 1.31.